The molecule has 0 saturated carbocycles. The number of nitrogens with one attached hydrogen (secondary N) is 1. The summed E-state index contributed by atoms with van der Waals surface area (Å²) in [6, 6.07) is 9.08. The van der Waals surface area contributed by atoms with Crippen molar-refractivity contribution >= 4 is 5.91 Å². The van der Waals surface area contributed by atoms with E-state index in [0.717, 1.165) is 12.0 Å². The number of benzene rings is 1. The van der Waals surface area contributed by atoms with Gasteiger partial charge in [0.15, 0.2) is 0 Å². The monoisotopic (exact) mass is 264 g/mol. The summed E-state index contributed by atoms with van der Waals surface area (Å²) < 4.78 is 0. The van der Waals surface area contributed by atoms with Crippen molar-refractivity contribution in [2.24, 2.45) is 5.73 Å². The Kier molecular flexibility index (Phi) is 5.99. The lowest BCUT2D eigenvalue weighted by atomic mass is 10.0. The van der Waals surface area contributed by atoms with E-state index in [4.69, 9.17) is 5.73 Å². The second-order valence-corrected chi connectivity index (χ2v) is 5.26. The van der Waals surface area contributed by atoms with E-state index in [9.17, 15) is 9.90 Å². The van der Waals surface area contributed by atoms with Crippen LogP contribution in [0.1, 0.15) is 32.3 Å². The molecule has 0 radical (unpaired) electrons. The maximum Gasteiger partial charge on any atom is 0.237 e. The van der Waals surface area contributed by atoms with Crippen molar-refractivity contribution in [2.45, 2.75) is 44.8 Å². The van der Waals surface area contributed by atoms with Crippen LogP contribution in [0.3, 0.4) is 0 Å². The van der Waals surface area contributed by atoms with Gasteiger partial charge in [0.2, 0.25) is 5.91 Å². The van der Waals surface area contributed by atoms with E-state index in [-0.39, 0.29) is 12.5 Å². The second kappa shape index (κ2) is 7.26. The van der Waals surface area contributed by atoms with Gasteiger partial charge in [0.05, 0.1) is 11.6 Å². The third kappa shape index (κ3) is 5.85. The average Bonchev–Trinajstić information content (AvgIpc) is 2.37. The smallest absolute Gasteiger partial charge is 0.237 e. The molecule has 0 heterocycles. The van der Waals surface area contributed by atoms with E-state index < -0.39 is 11.6 Å². The first-order chi connectivity index (χ1) is 8.94. The molecule has 0 aliphatic carbocycles. The second-order valence-electron chi connectivity index (χ2n) is 5.26. The molecule has 4 N–H and O–H groups in total. The van der Waals surface area contributed by atoms with Gasteiger partial charge < -0.3 is 16.2 Å². The summed E-state index contributed by atoms with van der Waals surface area (Å²) in [7, 11) is 0. The molecule has 0 bridgehead atoms. The third-order valence-electron chi connectivity index (χ3n) is 3.07. The molecule has 0 spiro atoms. The Morgan fingerprint density at radius 3 is 2.63 bits per heavy atom. The molecular formula is C15H24N2O2. The van der Waals surface area contributed by atoms with Crippen LogP contribution in [0.15, 0.2) is 30.3 Å². The van der Waals surface area contributed by atoms with Crippen molar-refractivity contribution in [1.82, 2.24) is 5.32 Å². The normalized spacial score (nSPS) is 15.6. The zero-order valence-electron chi connectivity index (χ0n) is 11.7. The summed E-state index contributed by atoms with van der Waals surface area (Å²) in [5.41, 5.74) is 6.03. The van der Waals surface area contributed by atoms with Gasteiger partial charge in [0.1, 0.15) is 0 Å². The summed E-state index contributed by atoms with van der Waals surface area (Å²) in [4.78, 5) is 11.9. The van der Waals surface area contributed by atoms with Gasteiger partial charge in [0.25, 0.3) is 0 Å². The van der Waals surface area contributed by atoms with E-state index in [0.29, 0.717) is 12.8 Å². The molecule has 0 fully saturated rings. The number of amides is 1. The zero-order chi connectivity index (χ0) is 14.3. The lowest BCUT2D eigenvalue weighted by molar-refractivity contribution is -0.123. The predicted molar refractivity (Wildman–Crippen MR) is 76.7 cm³/mol. The van der Waals surface area contributed by atoms with Crippen molar-refractivity contribution in [3.63, 3.8) is 0 Å². The fraction of sp³-hybridized carbons (Fsp3) is 0.533. The fourth-order valence-electron chi connectivity index (χ4n) is 2.00. The highest BCUT2D eigenvalue weighted by atomic mass is 16.3. The van der Waals surface area contributed by atoms with Crippen LogP contribution in [0.25, 0.3) is 0 Å². The third-order valence-corrected chi connectivity index (χ3v) is 3.07. The number of hydrogen-bond donors (Lipinski definition) is 3. The SMILES string of the molecule is CCCC(C)(O)CNC(=O)[C@H](N)Cc1ccccc1. The van der Waals surface area contributed by atoms with Crippen LogP contribution < -0.4 is 11.1 Å². The van der Waals surface area contributed by atoms with Gasteiger partial charge in [-0.3, -0.25) is 4.79 Å². The van der Waals surface area contributed by atoms with E-state index >= 15 is 0 Å². The predicted octanol–water partition coefficient (Wildman–Crippen LogP) is 1.22. The van der Waals surface area contributed by atoms with Crippen LogP contribution in [-0.4, -0.2) is 29.2 Å². The standard InChI is InChI=1S/C15H24N2O2/c1-3-9-15(2,19)11-17-14(18)13(16)10-12-7-5-4-6-8-12/h4-8,13,19H,3,9-11,16H2,1-2H3,(H,17,18)/t13-,15?/m1/s1. The molecule has 1 rings (SSSR count). The molecule has 0 aliphatic heterocycles. The van der Waals surface area contributed by atoms with Crippen LogP contribution >= 0.6 is 0 Å². The van der Waals surface area contributed by atoms with Crippen LogP contribution in [0.4, 0.5) is 0 Å². The Hall–Kier alpha value is -1.39. The first-order valence-electron chi connectivity index (χ1n) is 6.74. The minimum atomic E-state index is -0.864. The summed E-state index contributed by atoms with van der Waals surface area (Å²) >= 11 is 0. The number of aliphatic hydroxyl groups is 1. The molecule has 1 aromatic rings. The molecule has 4 nitrogen and oxygen atoms in total. The van der Waals surface area contributed by atoms with Crippen molar-refractivity contribution < 1.29 is 9.90 Å². The van der Waals surface area contributed by atoms with Gasteiger partial charge in [-0.1, -0.05) is 43.7 Å². The average molecular weight is 264 g/mol. The van der Waals surface area contributed by atoms with Crippen LogP contribution in [0.2, 0.25) is 0 Å². The zero-order valence-corrected chi connectivity index (χ0v) is 11.7. The molecule has 1 unspecified atom stereocenters. The highest BCUT2D eigenvalue weighted by molar-refractivity contribution is 5.81. The molecule has 1 amide bonds. The molecule has 19 heavy (non-hydrogen) atoms. The fourth-order valence-corrected chi connectivity index (χ4v) is 2.00. The van der Waals surface area contributed by atoms with Crippen molar-refractivity contribution in [2.75, 3.05) is 6.54 Å². The highest BCUT2D eigenvalue weighted by Gasteiger charge is 2.22. The van der Waals surface area contributed by atoms with Crippen molar-refractivity contribution in [3.05, 3.63) is 35.9 Å². The first kappa shape index (κ1) is 15.7. The van der Waals surface area contributed by atoms with Gasteiger partial charge in [-0.05, 0) is 25.3 Å². The number of carbonyl (C=O) groups excluding carboxylic acids is 1. The summed E-state index contributed by atoms with van der Waals surface area (Å²) in [5, 5.41) is 12.7. The quantitative estimate of drug-likeness (QED) is 0.693. The number of rotatable bonds is 7. The minimum absolute atomic E-state index is 0.222. The summed E-state index contributed by atoms with van der Waals surface area (Å²) in [6.07, 6.45) is 2.03. The summed E-state index contributed by atoms with van der Waals surface area (Å²) in [5.74, 6) is -0.222. The largest absolute Gasteiger partial charge is 0.388 e. The van der Waals surface area contributed by atoms with Gasteiger partial charge >= 0.3 is 0 Å². The maximum atomic E-state index is 11.9. The number of hydrogen-bond acceptors (Lipinski definition) is 3. The number of carbonyl (C=O) groups is 1. The molecule has 106 valence electrons. The summed E-state index contributed by atoms with van der Waals surface area (Å²) in [6.45, 7) is 3.96. The maximum absolute atomic E-state index is 11.9. The van der Waals surface area contributed by atoms with E-state index in [1.807, 2.05) is 37.3 Å². The molecule has 0 aromatic heterocycles. The lowest BCUT2D eigenvalue weighted by Crippen LogP contribution is -2.47. The molecule has 0 saturated heterocycles. The van der Waals surface area contributed by atoms with E-state index in [2.05, 4.69) is 5.32 Å². The molecule has 4 heteroatoms. The molecule has 0 aliphatic rings. The van der Waals surface area contributed by atoms with E-state index in [1.54, 1.807) is 6.92 Å². The highest BCUT2D eigenvalue weighted by Crippen LogP contribution is 2.10. The molecule has 1 aromatic carbocycles. The van der Waals surface area contributed by atoms with Crippen LogP contribution in [-0.2, 0) is 11.2 Å². The van der Waals surface area contributed by atoms with E-state index in [1.165, 1.54) is 0 Å². The first-order valence-corrected chi connectivity index (χ1v) is 6.74. The Balaban J connectivity index is 2.41. The van der Waals surface area contributed by atoms with Gasteiger partial charge in [0, 0.05) is 6.54 Å². The Bertz CT molecular complexity index is 390. The number of nitrogens with two attached hydrogens (primary N) is 1. The van der Waals surface area contributed by atoms with Gasteiger partial charge in [-0.15, -0.1) is 0 Å². The van der Waals surface area contributed by atoms with Crippen LogP contribution in [0.5, 0.6) is 0 Å². The van der Waals surface area contributed by atoms with Gasteiger partial charge in [-0.25, -0.2) is 0 Å². The Morgan fingerprint density at radius 1 is 1.42 bits per heavy atom. The molecule has 2 atom stereocenters. The lowest BCUT2D eigenvalue weighted by Gasteiger charge is -2.24. The minimum Gasteiger partial charge on any atom is -0.388 e. The van der Waals surface area contributed by atoms with Crippen molar-refractivity contribution in [3.8, 4) is 0 Å². The van der Waals surface area contributed by atoms with Crippen molar-refractivity contribution in [1.29, 1.82) is 0 Å². The Labute approximate surface area is 115 Å². The Morgan fingerprint density at radius 2 is 2.05 bits per heavy atom. The molecular weight excluding hydrogens is 240 g/mol. The van der Waals surface area contributed by atoms with Crippen LogP contribution in [0, 0.1) is 0 Å². The van der Waals surface area contributed by atoms with Gasteiger partial charge in [-0.2, -0.15) is 0 Å². The topological polar surface area (TPSA) is 75.3 Å².